The average molecular weight is 237 g/mol. The standard InChI is InChI=1S/C14H23NO2/c16-12-7-5-11(6-8-12)15-14(17)13(9-1-2-9)10-3-4-10/h9-13,16H,1-8H2,(H,15,17). The van der Waals surface area contributed by atoms with Crippen molar-refractivity contribution in [3.05, 3.63) is 0 Å². The molecule has 3 aliphatic rings. The van der Waals surface area contributed by atoms with Gasteiger partial charge in [-0.25, -0.2) is 0 Å². The predicted octanol–water partition coefficient (Wildman–Crippen LogP) is 1.84. The predicted molar refractivity (Wildman–Crippen MR) is 65.3 cm³/mol. The van der Waals surface area contributed by atoms with E-state index in [0.717, 1.165) is 25.7 Å². The Morgan fingerprint density at radius 3 is 1.94 bits per heavy atom. The second kappa shape index (κ2) is 4.60. The molecule has 0 atom stereocenters. The lowest BCUT2D eigenvalue weighted by Crippen LogP contribution is -2.42. The van der Waals surface area contributed by atoms with Gasteiger partial charge in [0, 0.05) is 12.0 Å². The molecule has 3 aliphatic carbocycles. The second-order valence-electron chi connectivity index (χ2n) is 6.21. The van der Waals surface area contributed by atoms with Gasteiger partial charge in [-0.1, -0.05) is 0 Å². The van der Waals surface area contributed by atoms with Crippen LogP contribution in [-0.2, 0) is 4.79 Å². The Morgan fingerprint density at radius 2 is 1.47 bits per heavy atom. The summed E-state index contributed by atoms with van der Waals surface area (Å²) in [6, 6.07) is 0.325. The van der Waals surface area contributed by atoms with E-state index in [1.807, 2.05) is 0 Å². The molecule has 0 aliphatic heterocycles. The second-order valence-corrected chi connectivity index (χ2v) is 6.21. The molecule has 0 bridgehead atoms. The molecule has 0 aromatic carbocycles. The summed E-state index contributed by atoms with van der Waals surface area (Å²) in [6.07, 6.45) is 8.52. The van der Waals surface area contributed by atoms with Gasteiger partial charge < -0.3 is 10.4 Å². The number of rotatable bonds is 4. The van der Waals surface area contributed by atoms with Crippen LogP contribution < -0.4 is 5.32 Å². The van der Waals surface area contributed by atoms with E-state index in [9.17, 15) is 9.90 Å². The fourth-order valence-corrected chi connectivity index (χ4v) is 3.24. The number of carbonyl (C=O) groups excluding carboxylic acids is 1. The molecule has 0 heterocycles. The number of aliphatic hydroxyl groups excluding tert-OH is 1. The Hall–Kier alpha value is -0.570. The topological polar surface area (TPSA) is 49.3 Å². The van der Waals surface area contributed by atoms with Crippen LogP contribution in [0.4, 0.5) is 0 Å². The van der Waals surface area contributed by atoms with Crippen LogP contribution in [0.5, 0.6) is 0 Å². The maximum Gasteiger partial charge on any atom is 0.223 e. The highest BCUT2D eigenvalue weighted by Crippen LogP contribution is 2.49. The van der Waals surface area contributed by atoms with Crippen LogP contribution in [0.1, 0.15) is 51.4 Å². The van der Waals surface area contributed by atoms with Gasteiger partial charge in [0.15, 0.2) is 0 Å². The highest BCUT2D eigenvalue weighted by molar-refractivity contribution is 5.80. The van der Waals surface area contributed by atoms with Crippen LogP contribution in [0, 0.1) is 17.8 Å². The normalized spacial score (nSPS) is 33.8. The first kappa shape index (κ1) is 11.5. The zero-order valence-electron chi connectivity index (χ0n) is 10.4. The van der Waals surface area contributed by atoms with Crippen LogP contribution >= 0.6 is 0 Å². The van der Waals surface area contributed by atoms with E-state index in [4.69, 9.17) is 0 Å². The molecule has 3 heteroatoms. The van der Waals surface area contributed by atoms with Crippen molar-refractivity contribution >= 4 is 5.91 Å². The fourth-order valence-electron chi connectivity index (χ4n) is 3.24. The molecule has 0 aromatic heterocycles. The maximum absolute atomic E-state index is 12.3. The van der Waals surface area contributed by atoms with E-state index in [-0.39, 0.29) is 6.10 Å². The molecule has 3 saturated carbocycles. The van der Waals surface area contributed by atoms with E-state index in [1.165, 1.54) is 25.7 Å². The van der Waals surface area contributed by atoms with Gasteiger partial charge in [0.25, 0.3) is 0 Å². The molecule has 1 amide bonds. The number of carbonyl (C=O) groups is 1. The lowest BCUT2D eigenvalue weighted by Gasteiger charge is -2.28. The lowest BCUT2D eigenvalue weighted by molar-refractivity contribution is -0.127. The Morgan fingerprint density at radius 1 is 0.941 bits per heavy atom. The van der Waals surface area contributed by atoms with Gasteiger partial charge in [0.05, 0.1) is 6.10 Å². The zero-order valence-corrected chi connectivity index (χ0v) is 10.4. The summed E-state index contributed by atoms with van der Waals surface area (Å²) in [4.78, 5) is 12.3. The van der Waals surface area contributed by atoms with Crippen molar-refractivity contribution in [2.45, 2.75) is 63.5 Å². The first-order valence-corrected chi connectivity index (χ1v) is 7.22. The zero-order chi connectivity index (χ0) is 11.8. The number of nitrogens with one attached hydrogen (secondary N) is 1. The summed E-state index contributed by atoms with van der Waals surface area (Å²) in [5.41, 5.74) is 0. The molecule has 0 saturated heterocycles. The number of aliphatic hydroxyl groups is 1. The number of amides is 1. The number of hydrogen-bond acceptors (Lipinski definition) is 2. The van der Waals surface area contributed by atoms with Crippen LogP contribution in [0.2, 0.25) is 0 Å². The van der Waals surface area contributed by atoms with Gasteiger partial charge in [-0.2, -0.15) is 0 Å². The molecule has 2 N–H and O–H groups in total. The van der Waals surface area contributed by atoms with Crippen molar-refractivity contribution in [2.24, 2.45) is 17.8 Å². The van der Waals surface area contributed by atoms with Crippen molar-refractivity contribution in [1.29, 1.82) is 0 Å². The molecule has 0 radical (unpaired) electrons. The largest absolute Gasteiger partial charge is 0.393 e. The van der Waals surface area contributed by atoms with Crippen molar-refractivity contribution in [3.8, 4) is 0 Å². The van der Waals surface area contributed by atoms with Crippen molar-refractivity contribution in [1.82, 2.24) is 5.32 Å². The van der Waals surface area contributed by atoms with Gasteiger partial charge in [-0.05, 0) is 63.2 Å². The molecule has 96 valence electrons. The highest BCUT2D eigenvalue weighted by atomic mass is 16.3. The van der Waals surface area contributed by atoms with E-state index >= 15 is 0 Å². The summed E-state index contributed by atoms with van der Waals surface area (Å²) < 4.78 is 0. The van der Waals surface area contributed by atoms with Crippen LogP contribution in [0.3, 0.4) is 0 Å². The van der Waals surface area contributed by atoms with E-state index in [0.29, 0.717) is 29.7 Å². The van der Waals surface area contributed by atoms with Gasteiger partial charge in [-0.3, -0.25) is 4.79 Å². The minimum Gasteiger partial charge on any atom is -0.393 e. The smallest absolute Gasteiger partial charge is 0.223 e. The summed E-state index contributed by atoms with van der Waals surface area (Å²) in [6.45, 7) is 0. The lowest BCUT2D eigenvalue weighted by atomic mass is 9.91. The third-order valence-electron chi connectivity index (χ3n) is 4.61. The third kappa shape index (κ3) is 2.82. The molecule has 3 fully saturated rings. The molecule has 3 nitrogen and oxygen atoms in total. The molecule has 0 unspecified atom stereocenters. The van der Waals surface area contributed by atoms with Gasteiger partial charge in [0.1, 0.15) is 0 Å². The summed E-state index contributed by atoms with van der Waals surface area (Å²) in [5.74, 6) is 2.02. The van der Waals surface area contributed by atoms with Crippen molar-refractivity contribution in [2.75, 3.05) is 0 Å². The highest BCUT2D eigenvalue weighted by Gasteiger charge is 2.45. The van der Waals surface area contributed by atoms with Gasteiger partial charge >= 0.3 is 0 Å². The molecule has 17 heavy (non-hydrogen) atoms. The quantitative estimate of drug-likeness (QED) is 0.784. The molecular formula is C14H23NO2. The Bertz CT molecular complexity index is 277. The van der Waals surface area contributed by atoms with Crippen molar-refractivity contribution < 1.29 is 9.90 Å². The monoisotopic (exact) mass is 237 g/mol. The van der Waals surface area contributed by atoms with Crippen LogP contribution in [-0.4, -0.2) is 23.2 Å². The van der Waals surface area contributed by atoms with E-state index in [1.54, 1.807) is 0 Å². The maximum atomic E-state index is 12.3. The van der Waals surface area contributed by atoms with Gasteiger partial charge in [0.2, 0.25) is 5.91 Å². The molecule has 0 spiro atoms. The molecule has 0 aromatic rings. The minimum absolute atomic E-state index is 0.134. The first-order valence-electron chi connectivity index (χ1n) is 7.22. The third-order valence-corrected chi connectivity index (χ3v) is 4.61. The van der Waals surface area contributed by atoms with Crippen molar-refractivity contribution in [3.63, 3.8) is 0 Å². The Kier molecular flexibility index (Phi) is 3.12. The van der Waals surface area contributed by atoms with Gasteiger partial charge in [-0.15, -0.1) is 0 Å². The Labute approximate surface area is 103 Å². The van der Waals surface area contributed by atoms with Crippen LogP contribution in [0.25, 0.3) is 0 Å². The summed E-state index contributed by atoms with van der Waals surface area (Å²) >= 11 is 0. The Balaban J connectivity index is 1.51. The molecular weight excluding hydrogens is 214 g/mol. The minimum atomic E-state index is -0.134. The SMILES string of the molecule is O=C(NC1CCC(O)CC1)C(C1CC1)C1CC1. The average Bonchev–Trinajstić information content (AvgIpc) is 3.14. The number of hydrogen-bond donors (Lipinski definition) is 2. The van der Waals surface area contributed by atoms with E-state index < -0.39 is 0 Å². The van der Waals surface area contributed by atoms with E-state index in [2.05, 4.69) is 5.32 Å². The van der Waals surface area contributed by atoms with Crippen LogP contribution in [0.15, 0.2) is 0 Å². The molecule has 3 rings (SSSR count). The summed E-state index contributed by atoms with van der Waals surface area (Å²) in [7, 11) is 0. The summed E-state index contributed by atoms with van der Waals surface area (Å²) in [5, 5.41) is 12.7. The first-order chi connectivity index (χ1) is 8.24. The fraction of sp³-hybridized carbons (Fsp3) is 0.929.